The molecule has 18 heavy (non-hydrogen) atoms. The topological polar surface area (TPSA) is 52.6 Å². The lowest BCUT2D eigenvalue weighted by Crippen LogP contribution is -2.48. The molecule has 2 aliphatic carbocycles. The van der Waals surface area contributed by atoms with Crippen molar-refractivity contribution in [3.05, 3.63) is 12.7 Å². The zero-order chi connectivity index (χ0) is 13.0. The van der Waals surface area contributed by atoms with Gasteiger partial charge in [0.2, 0.25) is 0 Å². The third kappa shape index (κ3) is 2.86. The van der Waals surface area contributed by atoms with E-state index in [1.54, 1.807) is 11.0 Å². The lowest BCUT2D eigenvalue weighted by atomic mass is 9.65. The van der Waals surface area contributed by atoms with E-state index in [0.717, 1.165) is 12.5 Å². The molecule has 4 heteroatoms. The molecule has 0 heterocycles. The molecule has 0 saturated heterocycles. The van der Waals surface area contributed by atoms with Gasteiger partial charge >= 0.3 is 6.03 Å². The second-order valence-corrected chi connectivity index (χ2v) is 5.61. The third-order valence-corrected chi connectivity index (χ3v) is 4.39. The van der Waals surface area contributed by atoms with Crippen LogP contribution in [0.2, 0.25) is 0 Å². The number of nitrogens with zero attached hydrogens (tertiary/aromatic N) is 1. The van der Waals surface area contributed by atoms with E-state index in [1.165, 1.54) is 32.1 Å². The van der Waals surface area contributed by atoms with Crippen molar-refractivity contribution < 1.29 is 9.90 Å². The van der Waals surface area contributed by atoms with E-state index in [9.17, 15) is 4.79 Å². The molecule has 0 spiro atoms. The summed E-state index contributed by atoms with van der Waals surface area (Å²) >= 11 is 0. The smallest absolute Gasteiger partial charge is 0.317 e. The summed E-state index contributed by atoms with van der Waals surface area (Å²) in [6.45, 7) is 5.29. The second-order valence-electron chi connectivity index (χ2n) is 5.61. The van der Waals surface area contributed by atoms with E-state index in [4.69, 9.17) is 5.11 Å². The summed E-state index contributed by atoms with van der Waals surface area (Å²) in [7, 11) is 0. The van der Waals surface area contributed by atoms with Crippen molar-refractivity contribution >= 4 is 6.03 Å². The predicted molar refractivity (Wildman–Crippen MR) is 71.3 cm³/mol. The minimum atomic E-state index is -0.0733. The van der Waals surface area contributed by atoms with Crippen LogP contribution in [-0.4, -0.2) is 42.3 Å². The van der Waals surface area contributed by atoms with Crippen LogP contribution in [-0.2, 0) is 0 Å². The molecule has 4 nitrogen and oxygen atoms in total. The van der Waals surface area contributed by atoms with Crippen LogP contribution in [0.3, 0.4) is 0 Å². The van der Waals surface area contributed by atoms with E-state index in [2.05, 4.69) is 11.9 Å². The van der Waals surface area contributed by atoms with Gasteiger partial charge in [0.1, 0.15) is 0 Å². The summed E-state index contributed by atoms with van der Waals surface area (Å²) in [6.07, 6.45) is 8.19. The number of carbonyl (C=O) groups is 1. The van der Waals surface area contributed by atoms with Gasteiger partial charge in [-0.1, -0.05) is 12.5 Å². The van der Waals surface area contributed by atoms with Crippen molar-refractivity contribution in [2.75, 3.05) is 26.2 Å². The number of hydrogen-bond acceptors (Lipinski definition) is 2. The molecule has 0 aromatic rings. The molecule has 102 valence electrons. The Hall–Kier alpha value is -1.03. The minimum Gasteiger partial charge on any atom is -0.395 e. The second kappa shape index (κ2) is 5.74. The average Bonchev–Trinajstić information content (AvgIpc) is 3.12. The molecule has 0 atom stereocenters. The summed E-state index contributed by atoms with van der Waals surface area (Å²) in [6, 6.07) is -0.0733. The highest BCUT2D eigenvalue weighted by Crippen LogP contribution is 2.56. The fraction of sp³-hybridized carbons (Fsp3) is 0.786. The van der Waals surface area contributed by atoms with Crippen molar-refractivity contribution in [1.82, 2.24) is 10.2 Å². The van der Waals surface area contributed by atoms with Crippen LogP contribution in [0.1, 0.15) is 32.1 Å². The number of rotatable bonds is 7. The Bertz CT molecular complexity index is 309. The molecule has 2 aliphatic rings. The zero-order valence-corrected chi connectivity index (χ0v) is 11.0. The van der Waals surface area contributed by atoms with Crippen molar-refractivity contribution in [2.24, 2.45) is 11.3 Å². The first-order valence-electron chi connectivity index (χ1n) is 6.96. The van der Waals surface area contributed by atoms with Gasteiger partial charge in [0.25, 0.3) is 0 Å². The van der Waals surface area contributed by atoms with Crippen LogP contribution in [0.4, 0.5) is 4.79 Å². The number of amides is 2. The molecule has 2 fully saturated rings. The number of aliphatic hydroxyl groups is 1. The van der Waals surface area contributed by atoms with E-state index in [0.29, 0.717) is 18.5 Å². The monoisotopic (exact) mass is 252 g/mol. The molecule has 0 aliphatic heterocycles. The molecule has 2 N–H and O–H groups in total. The van der Waals surface area contributed by atoms with Crippen molar-refractivity contribution in [3.63, 3.8) is 0 Å². The van der Waals surface area contributed by atoms with E-state index in [1.807, 2.05) is 0 Å². The Morgan fingerprint density at radius 3 is 2.67 bits per heavy atom. The standard InChI is InChI=1S/C14H24N2O2/c1-2-8-16(9-10-17)13(18)15-11-14(6-3-7-14)12-4-5-12/h2,12,17H,1,3-11H2,(H,15,18). The Balaban J connectivity index is 1.80. The fourth-order valence-electron chi connectivity index (χ4n) is 2.97. The first-order valence-corrected chi connectivity index (χ1v) is 6.96. The number of hydrogen-bond donors (Lipinski definition) is 2. The first kappa shape index (κ1) is 13.4. The van der Waals surface area contributed by atoms with E-state index < -0.39 is 0 Å². The molecule has 0 aromatic heterocycles. The SMILES string of the molecule is C=CCN(CCO)C(=O)NCC1(C2CC2)CCC1. The van der Waals surface area contributed by atoms with Gasteiger partial charge < -0.3 is 15.3 Å². The molecular weight excluding hydrogens is 228 g/mol. The number of nitrogens with one attached hydrogen (secondary N) is 1. The van der Waals surface area contributed by atoms with Gasteiger partial charge in [0, 0.05) is 19.6 Å². The van der Waals surface area contributed by atoms with Gasteiger partial charge in [-0.2, -0.15) is 0 Å². The minimum absolute atomic E-state index is 0.00493. The maximum Gasteiger partial charge on any atom is 0.317 e. The highest BCUT2D eigenvalue weighted by Gasteiger charge is 2.48. The maximum absolute atomic E-state index is 12.0. The highest BCUT2D eigenvalue weighted by atomic mass is 16.3. The summed E-state index contributed by atoms with van der Waals surface area (Å²) in [5.41, 5.74) is 0.398. The predicted octanol–water partition coefficient (Wildman–Crippen LogP) is 1.76. The summed E-state index contributed by atoms with van der Waals surface area (Å²) in [4.78, 5) is 13.6. The van der Waals surface area contributed by atoms with Gasteiger partial charge in [0.15, 0.2) is 0 Å². The molecule has 2 rings (SSSR count). The van der Waals surface area contributed by atoms with Crippen molar-refractivity contribution in [3.8, 4) is 0 Å². The molecule has 0 bridgehead atoms. The van der Waals surface area contributed by atoms with Crippen LogP contribution in [0.25, 0.3) is 0 Å². The molecule has 0 unspecified atom stereocenters. The Kier molecular flexibility index (Phi) is 4.27. The quantitative estimate of drug-likeness (QED) is 0.678. The van der Waals surface area contributed by atoms with Crippen LogP contribution in [0.15, 0.2) is 12.7 Å². The maximum atomic E-state index is 12.0. The highest BCUT2D eigenvalue weighted by molar-refractivity contribution is 5.74. The normalized spacial score (nSPS) is 20.9. The zero-order valence-electron chi connectivity index (χ0n) is 11.0. The van der Waals surface area contributed by atoms with Crippen LogP contribution in [0.5, 0.6) is 0 Å². The largest absolute Gasteiger partial charge is 0.395 e. The number of aliphatic hydroxyl groups excluding tert-OH is 1. The lowest BCUT2D eigenvalue weighted by Gasteiger charge is -2.43. The van der Waals surface area contributed by atoms with E-state index >= 15 is 0 Å². The number of carbonyl (C=O) groups excluding carboxylic acids is 1. The van der Waals surface area contributed by atoms with Gasteiger partial charge in [-0.3, -0.25) is 0 Å². The van der Waals surface area contributed by atoms with Gasteiger partial charge in [-0.25, -0.2) is 4.79 Å². The third-order valence-electron chi connectivity index (χ3n) is 4.39. The van der Waals surface area contributed by atoms with Crippen LogP contribution in [0, 0.1) is 11.3 Å². The average molecular weight is 252 g/mol. The summed E-state index contributed by atoms with van der Waals surface area (Å²) in [5.74, 6) is 0.845. The summed E-state index contributed by atoms with van der Waals surface area (Å²) < 4.78 is 0. The Morgan fingerprint density at radius 2 is 2.22 bits per heavy atom. The van der Waals surface area contributed by atoms with Gasteiger partial charge in [-0.05, 0) is 37.0 Å². The molecule has 2 amide bonds. The van der Waals surface area contributed by atoms with Gasteiger partial charge in [0.05, 0.1) is 6.61 Å². The van der Waals surface area contributed by atoms with Crippen LogP contribution >= 0.6 is 0 Å². The molecular formula is C14H24N2O2. The first-order chi connectivity index (χ1) is 8.72. The molecule has 2 saturated carbocycles. The lowest BCUT2D eigenvalue weighted by molar-refractivity contribution is 0.0974. The fourth-order valence-corrected chi connectivity index (χ4v) is 2.97. The Morgan fingerprint density at radius 1 is 1.50 bits per heavy atom. The van der Waals surface area contributed by atoms with Gasteiger partial charge in [-0.15, -0.1) is 6.58 Å². The Labute approximate surface area is 109 Å². The number of urea groups is 1. The summed E-state index contributed by atoms with van der Waals surface area (Å²) in [5, 5.41) is 12.0. The molecule has 0 radical (unpaired) electrons. The van der Waals surface area contributed by atoms with Crippen molar-refractivity contribution in [2.45, 2.75) is 32.1 Å². The van der Waals surface area contributed by atoms with Crippen LogP contribution < -0.4 is 5.32 Å². The van der Waals surface area contributed by atoms with E-state index in [-0.39, 0.29) is 12.6 Å². The molecule has 0 aromatic carbocycles. The van der Waals surface area contributed by atoms with Crippen molar-refractivity contribution in [1.29, 1.82) is 0 Å².